The van der Waals surface area contributed by atoms with Crippen LogP contribution >= 0.6 is 11.8 Å². The van der Waals surface area contributed by atoms with Gasteiger partial charge in [-0.1, -0.05) is 6.92 Å². The van der Waals surface area contributed by atoms with E-state index >= 15 is 0 Å². The van der Waals surface area contributed by atoms with Crippen LogP contribution in [0.25, 0.3) is 0 Å². The molecule has 1 fully saturated rings. The summed E-state index contributed by atoms with van der Waals surface area (Å²) in [5, 5.41) is 2.11. The van der Waals surface area contributed by atoms with Crippen molar-refractivity contribution < 1.29 is 9.59 Å². The number of carbonyl (C=O) groups excluding carboxylic acids is 2. The van der Waals surface area contributed by atoms with Crippen LogP contribution in [-0.2, 0) is 9.59 Å². The quantitative estimate of drug-likeness (QED) is 0.545. The summed E-state index contributed by atoms with van der Waals surface area (Å²) in [5.74, 6) is 0.0117. The third-order valence-corrected chi connectivity index (χ3v) is 2.49. The van der Waals surface area contributed by atoms with Gasteiger partial charge in [-0.3, -0.25) is 14.9 Å². The zero-order valence-corrected chi connectivity index (χ0v) is 6.40. The second kappa shape index (κ2) is 3.05. The first-order valence-corrected chi connectivity index (χ1v) is 4.03. The molecule has 1 N–H and O–H groups in total. The van der Waals surface area contributed by atoms with Gasteiger partial charge in [0.1, 0.15) is 0 Å². The number of nitrogens with one attached hydrogen (secondary N) is 1. The monoisotopic (exact) mass is 158 g/mol. The average Bonchev–Trinajstić information content (AvgIpc) is 1.88. The molecular formula is C6H8NO2S. The lowest BCUT2D eigenvalue weighted by Gasteiger charge is -2.17. The van der Waals surface area contributed by atoms with E-state index in [1.807, 2.05) is 6.92 Å². The van der Waals surface area contributed by atoms with Crippen LogP contribution in [-0.4, -0.2) is 22.8 Å². The van der Waals surface area contributed by atoms with Gasteiger partial charge < -0.3 is 0 Å². The molecule has 2 amide bonds. The molecule has 1 heterocycles. The molecule has 0 aromatic rings. The van der Waals surface area contributed by atoms with Gasteiger partial charge in [-0.05, 0) is 6.42 Å². The molecular weight excluding hydrogens is 150 g/mol. The lowest BCUT2D eigenvalue weighted by atomic mass is 10.3. The van der Waals surface area contributed by atoms with E-state index in [2.05, 4.69) is 5.32 Å². The van der Waals surface area contributed by atoms with Gasteiger partial charge >= 0.3 is 0 Å². The zero-order chi connectivity index (χ0) is 7.56. The SMILES string of the molecule is C[CH]C1SCC(=O)NC1=O. The molecule has 1 saturated heterocycles. The Morgan fingerprint density at radius 1 is 1.70 bits per heavy atom. The number of hydrogen-bond donors (Lipinski definition) is 1. The fourth-order valence-corrected chi connectivity index (χ4v) is 1.54. The van der Waals surface area contributed by atoms with Crippen molar-refractivity contribution in [1.82, 2.24) is 5.32 Å². The summed E-state index contributed by atoms with van der Waals surface area (Å²) in [6, 6.07) is 0. The average molecular weight is 158 g/mol. The predicted molar refractivity (Wildman–Crippen MR) is 39.4 cm³/mol. The van der Waals surface area contributed by atoms with E-state index in [1.54, 1.807) is 6.42 Å². The molecule has 0 spiro atoms. The van der Waals surface area contributed by atoms with Gasteiger partial charge in [0, 0.05) is 0 Å². The minimum Gasteiger partial charge on any atom is -0.295 e. The molecule has 1 aliphatic heterocycles. The van der Waals surface area contributed by atoms with Crippen LogP contribution < -0.4 is 5.32 Å². The largest absolute Gasteiger partial charge is 0.295 e. The molecule has 1 radical (unpaired) electrons. The van der Waals surface area contributed by atoms with Crippen molar-refractivity contribution >= 4 is 23.6 Å². The van der Waals surface area contributed by atoms with Crippen molar-refractivity contribution in [3.05, 3.63) is 6.42 Å². The Morgan fingerprint density at radius 2 is 2.40 bits per heavy atom. The molecule has 1 rings (SSSR count). The Morgan fingerprint density at radius 3 is 2.90 bits per heavy atom. The smallest absolute Gasteiger partial charge is 0.239 e. The van der Waals surface area contributed by atoms with E-state index in [0.29, 0.717) is 5.75 Å². The first-order chi connectivity index (χ1) is 4.74. The Kier molecular flexibility index (Phi) is 2.32. The van der Waals surface area contributed by atoms with Gasteiger partial charge in [0.15, 0.2) is 0 Å². The predicted octanol–water partition coefficient (Wildman–Crippen LogP) is -0.0312. The maximum absolute atomic E-state index is 10.9. The molecule has 4 heteroatoms. The fourth-order valence-electron chi connectivity index (χ4n) is 0.733. The summed E-state index contributed by atoms with van der Waals surface area (Å²) in [7, 11) is 0. The maximum Gasteiger partial charge on any atom is 0.239 e. The van der Waals surface area contributed by atoms with Crippen molar-refractivity contribution in [2.24, 2.45) is 0 Å². The van der Waals surface area contributed by atoms with Crippen LogP contribution in [0, 0.1) is 6.42 Å². The van der Waals surface area contributed by atoms with Crippen molar-refractivity contribution in [2.75, 3.05) is 5.75 Å². The zero-order valence-electron chi connectivity index (χ0n) is 5.59. The Labute approximate surface area is 63.6 Å². The topological polar surface area (TPSA) is 46.2 Å². The molecule has 0 aromatic heterocycles. The van der Waals surface area contributed by atoms with Crippen LogP contribution in [0.2, 0.25) is 0 Å². The standard InChI is InChI=1S/C6H8NO2S/c1-2-4-6(9)7-5(8)3-10-4/h2,4H,3H2,1H3,(H,7,8,9). The number of imide groups is 1. The second-order valence-corrected chi connectivity index (χ2v) is 3.11. The third kappa shape index (κ3) is 1.50. The number of hydrogen-bond acceptors (Lipinski definition) is 3. The molecule has 55 valence electrons. The molecule has 1 atom stereocenters. The lowest BCUT2D eigenvalue weighted by Crippen LogP contribution is -2.43. The summed E-state index contributed by atoms with van der Waals surface area (Å²) in [6.07, 6.45) is 1.78. The van der Waals surface area contributed by atoms with Crippen molar-refractivity contribution in [2.45, 2.75) is 12.2 Å². The van der Waals surface area contributed by atoms with Gasteiger partial charge in [0.25, 0.3) is 0 Å². The van der Waals surface area contributed by atoms with Crippen LogP contribution in [0.15, 0.2) is 0 Å². The van der Waals surface area contributed by atoms with Crippen LogP contribution in [0.3, 0.4) is 0 Å². The third-order valence-electron chi connectivity index (χ3n) is 1.22. The van der Waals surface area contributed by atoms with E-state index in [1.165, 1.54) is 11.8 Å². The summed E-state index contributed by atoms with van der Waals surface area (Å²) < 4.78 is 0. The van der Waals surface area contributed by atoms with Crippen LogP contribution in [0.4, 0.5) is 0 Å². The highest BCUT2D eigenvalue weighted by Crippen LogP contribution is 2.16. The van der Waals surface area contributed by atoms with E-state index in [4.69, 9.17) is 0 Å². The number of thioether (sulfide) groups is 1. The minimum atomic E-state index is -0.191. The van der Waals surface area contributed by atoms with Crippen molar-refractivity contribution in [3.8, 4) is 0 Å². The number of amides is 2. The molecule has 0 saturated carbocycles. The van der Waals surface area contributed by atoms with Gasteiger partial charge in [0.2, 0.25) is 11.8 Å². The molecule has 1 aliphatic rings. The molecule has 0 aromatic carbocycles. The number of carbonyl (C=O) groups is 2. The van der Waals surface area contributed by atoms with E-state index in [-0.39, 0.29) is 17.1 Å². The second-order valence-electron chi connectivity index (χ2n) is 1.98. The molecule has 10 heavy (non-hydrogen) atoms. The molecule has 0 bridgehead atoms. The fraction of sp³-hybridized carbons (Fsp3) is 0.500. The van der Waals surface area contributed by atoms with Gasteiger partial charge in [0.05, 0.1) is 11.0 Å². The maximum atomic E-state index is 10.9. The van der Waals surface area contributed by atoms with Crippen molar-refractivity contribution in [3.63, 3.8) is 0 Å². The first-order valence-electron chi connectivity index (χ1n) is 2.99. The Hall–Kier alpha value is -0.510. The highest BCUT2D eigenvalue weighted by molar-refractivity contribution is 8.01. The Balaban J connectivity index is 2.51. The summed E-state index contributed by atoms with van der Waals surface area (Å²) in [5.41, 5.74) is 0. The van der Waals surface area contributed by atoms with Crippen LogP contribution in [0.1, 0.15) is 6.92 Å². The normalized spacial score (nSPS) is 26.3. The molecule has 1 unspecified atom stereocenters. The number of rotatable bonds is 1. The Bertz CT molecular complexity index is 169. The van der Waals surface area contributed by atoms with Gasteiger partial charge in [-0.2, -0.15) is 0 Å². The lowest BCUT2D eigenvalue weighted by molar-refractivity contribution is -0.128. The van der Waals surface area contributed by atoms with Gasteiger partial charge in [-0.25, -0.2) is 0 Å². The van der Waals surface area contributed by atoms with E-state index < -0.39 is 0 Å². The highest BCUT2D eigenvalue weighted by Gasteiger charge is 2.25. The summed E-state index contributed by atoms with van der Waals surface area (Å²) >= 11 is 1.36. The molecule has 0 aliphatic carbocycles. The van der Waals surface area contributed by atoms with Crippen LogP contribution in [0.5, 0.6) is 0 Å². The summed E-state index contributed by atoms with van der Waals surface area (Å²) in [6.45, 7) is 1.81. The van der Waals surface area contributed by atoms with Crippen molar-refractivity contribution in [1.29, 1.82) is 0 Å². The van der Waals surface area contributed by atoms with E-state index in [9.17, 15) is 9.59 Å². The molecule has 3 nitrogen and oxygen atoms in total. The minimum absolute atomic E-state index is 0.141. The van der Waals surface area contributed by atoms with E-state index in [0.717, 1.165) is 0 Å². The first kappa shape index (κ1) is 7.60. The summed E-state index contributed by atoms with van der Waals surface area (Å²) in [4.78, 5) is 21.4. The van der Waals surface area contributed by atoms with Gasteiger partial charge in [-0.15, -0.1) is 11.8 Å². The highest BCUT2D eigenvalue weighted by atomic mass is 32.2.